The molecule has 1 aliphatic rings. The number of nitrogens with one attached hydrogen (secondary N) is 2. The fourth-order valence-corrected chi connectivity index (χ4v) is 4.87. The van der Waals surface area contributed by atoms with Crippen molar-refractivity contribution in [3.63, 3.8) is 0 Å². The lowest BCUT2D eigenvalue weighted by Crippen LogP contribution is -2.10. The molecule has 6 rings (SSSR count). The smallest absolute Gasteiger partial charge is 0.0795 e. The summed E-state index contributed by atoms with van der Waals surface area (Å²) in [5.74, 6) is 0. The number of fused-ring (bicyclic) bond motifs is 3. The van der Waals surface area contributed by atoms with Crippen molar-refractivity contribution in [1.82, 2.24) is 0 Å². The van der Waals surface area contributed by atoms with Crippen molar-refractivity contribution in [2.75, 3.05) is 0 Å². The van der Waals surface area contributed by atoms with Crippen LogP contribution in [-0.2, 0) is 0 Å². The average molecular weight is 409 g/mol. The maximum Gasteiger partial charge on any atom is 0.0795 e. The summed E-state index contributed by atoms with van der Waals surface area (Å²) in [6.45, 7) is 0. The van der Waals surface area contributed by atoms with E-state index < -0.39 is 0 Å². The van der Waals surface area contributed by atoms with Gasteiger partial charge in [0, 0.05) is 0 Å². The van der Waals surface area contributed by atoms with Crippen LogP contribution in [0.5, 0.6) is 0 Å². The van der Waals surface area contributed by atoms with E-state index >= 15 is 0 Å². The highest BCUT2D eigenvalue weighted by molar-refractivity contribution is 6.50. The first-order valence-electron chi connectivity index (χ1n) is 10.7. The summed E-state index contributed by atoms with van der Waals surface area (Å²) in [6, 6.07) is 32.1. The Balaban J connectivity index is 1.80. The van der Waals surface area contributed by atoms with Gasteiger partial charge in [-0.25, -0.2) is 0 Å². The summed E-state index contributed by atoms with van der Waals surface area (Å²) >= 11 is 0. The van der Waals surface area contributed by atoms with Crippen LogP contribution in [0.15, 0.2) is 109 Å². The molecule has 2 heteroatoms. The summed E-state index contributed by atoms with van der Waals surface area (Å²) in [5, 5.41) is 23.3. The monoisotopic (exact) mass is 408 g/mol. The van der Waals surface area contributed by atoms with E-state index in [0.29, 0.717) is 0 Å². The second-order valence-corrected chi connectivity index (χ2v) is 8.13. The van der Waals surface area contributed by atoms with Gasteiger partial charge in [-0.15, -0.1) is 0 Å². The van der Waals surface area contributed by atoms with E-state index in [9.17, 15) is 0 Å². The highest BCUT2D eigenvalue weighted by atomic mass is 14.5. The van der Waals surface area contributed by atoms with Crippen molar-refractivity contribution >= 4 is 49.3 Å². The van der Waals surface area contributed by atoms with Gasteiger partial charge in [0.25, 0.3) is 0 Å². The van der Waals surface area contributed by atoms with Gasteiger partial charge in [-0.2, -0.15) is 0 Å². The van der Waals surface area contributed by atoms with Gasteiger partial charge in [0.2, 0.25) is 0 Å². The Morgan fingerprint density at radius 1 is 0.438 bits per heavy atom. The van der Waals surface area contributed by atoms with Crippen LogP contribution in [0.2, 0.25) is 0 Å². The molecule has 0 atom stereocenters. The zero-order chi connectivity index (χ0) is 21.7. The molecule has 0 fully saturated rings. The number of hydrogen-bond acceptors (Lipinski definition) is 2. The Bertz CT molecular complexity index is 1590. The topological polar surface area (TPSA) is 47.7 Å². The first-order chi connectivity index (χ1) is 15.7. The Kier molecular flexibility index (Phi) is 4.12. The molecule has 2 nitrogen and oxygen atoms in total. The summed E-state index contributed by atoms with van der Waals surface area (Å²) < 4.78 is 0. The minimum Gasteiger partial charge on any atom is -0.299 e. The Labute approximate surface area is 186 Å². The summed E-state index contributed by atoms with van der Waals surface area (Å²) in [4.78, 5) is 0. The SMILES string of the molecule is N=C1C=CC(c2c3ccccc3c(-c3cccc4ccccc34)c3ccccc23)=CC1=N. The van der Waals surface area contributed by atoms with E-state index in [0.717, 1.165) is 21.9 Å². The predicted molar refractivity (Wildman–Crippen MR) is 137 cm³/mol. The lowest BCUT2D eigenvalue weighted by atomic mass is 9.83. The molecule has 0 saturated heterocycles. The highest BCUT2D eigenvalue weighted by Crippen LogP contribution is 2.44. The highest BCUT2D eigenvalue weighted by Gasteiger charge is 2.19. The summed E-state index contributed by atoms with van der Waals surface area (Å²) in [6.07, 6.45) is 5.50. The molecule has 0 heterocycles. The van der Waals surface area contributed by atoms with Crippen LogP contribution in [0, 0.1) is 10.8 Å². The standard InChI is InChI=1S/C30H20N2/c31-27-17-16-20(18-28(27)32)29-23-11-3-5-13-25(23)30(26-14-6-4-12-24(26)29)22-15-7-9-19-8-1-2-10-21(19)22/h1-18,31-32H. The number of benzene rings is 5. The van der Waals surface area contributed by atoms with Gasteiger partial charge < -0.3 is 0 Å². The van der Waals surface area contributed by atoms with Crippen molar-refractivity contribution in [3.05, 3.63) is 115 Å². The maximum atomic E-state index is 8.21. The minimum atomic E-state index is 0.244. The third-order valence-corrected chi connectivity index (χ3v) is 6.30. The van der Waals surface area contributed by atoms with Gasteiger partial charge in [-0.3, -0.25) is 10.8 Å². The fraction of sp³-hybridized carbons (Fsp3) is 0. The second-order valence-electron chi connectivity index (χ2n) is 8.13. The van der Waals surface area contributed by atoms with E-state index in [4.69, 9.17) is 10.8 Å². The minimum absolute atomic E-state index is 0.244. The van der Waals surface area contributed by atoms with Crippen molar-refractivity contribution < 1.29 is 0 Å². The third kappa shape index (κ3) is 2.74. The number of hydrogen-bond donors (Lipinski definition) is 2. The van der Waals surface area contributed by atoms with Crippen molar-refractivity contribution in [2.24, 2.45) is 0 Å². The molecule has 0 radical (unpaired) electrons. The zero-order valence-corrected chi connectivity index (χ0v) is 17.4. The molecule has 0 saturated carbocycles. The van der Waals surface area contributed by atoms with Gasteiger partial charge in [0.1, 0.15) is 0 Å². The molecular weight excluding hydrogens is 388 g/mol. The molecule has 150 valence electrons. The van der Waals surface area contributed by atoms with Gasteiger partial charge in [-0.1, -0.05) is 97.1 Å². The van der Waals surface area contributed by atoms with Crippen LogP contribution in [0.3, 0.4) is 0 Å². The quantitative estimate of drug-likeness (QED) is 0.221. The van der Waals surface area contributed by atoms with Crippen molar-refractivity contribution in [3.8, 4) is 11.1 Å². The largest absolute Gasteiger partial charge is 0.299 e. The molecule has 0 unspecified atom stereocenters. The van der Waals surface area contributed by atoms with Gasteiger partial charge >= 0.3 is 0 Å². The molecule has 0 aromatic heterocycles. The molecule has 0 amide bonds. The Morgan fingerprint density at radius 2 is 0.969 bits per heavy atom. The second kappa shape index (κ2) is 7.14. The van der Waals surface area contributed by atoms with Gasteiger partial charge in [0.15, 0.2) is 0 Å². The first kappa shape index (κ1) is 18.5. The van der Waals surface area contributed by atoms with Crippen LogP contribution in [0.25, 0.3) is 49.0 Å². The van der Waals surface area contributed by atoms with Crippen LogP contribution >= 0.6 is 0 Å². The molecule has 2 N–H and O–H groups in total. The fourth-order valence-electron chi connectivity index (χ4n) is 4.87. The van der Waals surface area contributed by atoms with Crippen molar-refractivity contribution in [2.45, 2.75) is 0 Å². The predicted octanol–water partition coefficient (Wildman–Crippen LogP) is 7.81. The Hall–Kier alpha value is -4.30. The normalized spacial score (nSPS) is 13.8. The van der Waals surface area contributed by atoms with Crippen LogP contribution in [-0.4, -0.2) is 11.4 Å². The molecule has 0 spiro atoms. The van der Waals surface area contributed by atoms with E-state index in [1.54, 1.807) is 6.08 Å². The van der Waals surface area contributed by atoms with E-state index in [1.165, 1.54) is 32.7 Å². The first-order valence-corrected chi connectivity index (χ1v) is 10.7. The number of rotatable bonds is 2. The zero-order valence-electron chi connectivity index (χ0n) is 17.4. The van der Waals surface area contributed by atoms with Crippen molar-refractivity contribution in [1.29, 1.82) is 10.8 Å². The average Bonchev–Trinajstić information content (AvgIpc) is 2.84. The molecule has 0 bridgehead atoms. The van der Waals surface area contributed by atoms with Gasteiger partial charge in [-0.05, 0) is 66.7 Å². The van der Waals surface area contributed by atoms with E-state index in [2.05, 4.69) is 91.0 Å². The Morgan fingerprint density at radius 3 is 1.59 bits per heavy atom. The lowest BCUT2D eigenvalue weighted by molar-refractivity contribution is 1.49. The molecule has 5 aromatic rings. The van der Waals surface area contributed by atoms with E-state index in [-0.39, 0.29) is 11.4 Å². The van der Waals surface area contributed by atoms with Crippen LogP contribution < -0.4 is 0 Å². The molecule has 1 aliphatic carbocycles. The van der Waals surface area contributed by atoms with Crippen LogP contribution in [0.1, 0.15) is 5.56 Å². The number of allylic oxidation sites excluding steroid dienone is 4. The molecular formula is C30H20N2. The third-order valence-electron chi connectivity index (χ3n) is 6.30. The summed E-state index contributed by atoms with van der Waals surface area (Å²) in [5.41, 5.74) is 5.05. The molecule has 32 heavy (non-hydrogen) atoms. The maximum absolute atomic E-state index is 8.21. The molecule has 0 aliphatic heterocycles. The summed E-state index contributed by atoms with van der Waals surface area (Å²) in [7, 11) is 0. The molecule has 5 aromatic carbocycles. The van der Waals surface area contributed by atoms with E-state index in [1.807, 2.05) is 12.2 Å². The van der Waals surface area contributed by atoms with Gasteiger partial charge in [0.05, 0.1) is 11.4 Å². The van der Waals surface area contributed by atoms with Crippen LogP contribution in [0.4, 0.5) is 0 Å². The lowest BCUT2D eigenvalue weighted by Gasteiger charge is -2.20.